The van der Waals surface area contributed by atoms with Crippen LogP contribution in [0.5, 0.6) is 0 Å². The molecule has 0 aromatic rings. The van der Waals surface area contributed by atoms with Crippen molar-refractivity contribution in [2.45, 2.75) is 32.4 Å². The summed E-state index contributed by atoms with van der Waals surface area (Å²) in [5.74, 6) is 0.0259. The molecule has 2 N–H and O–H groups in total. The molecule has 1 aliphatic heterocycles. The predicted molar refractivity (Wildman–Crippen MR) is 50.3 cm³/mol. The van der Waals surface area contributed by atoms with Crippen LogP contribution >= 0.6 is 0 Å². The second kappa shape index (κ2) is 4.58. The number of rotatable bonds is 1. The highest BCUT2D eigenvalue weighted by molar-refractivity contribution is 5.81. The number of carbonyl (C=O) groups excluding carboxylic acids is 1. The van der Waals surface area contributed by atoms with Gasteiger partial charge in [-0.2, -0.15) is 0 Å². The van der Waals surface area contributed by atoms with E-state index in [9.17, 15) is 4.79 Å². The molecule has 0 spiro atoms. The smallest absolute Gasteiger partial charge is 0.239 e. The molecule has 76 valence electrons. The quantitative estimate of drug-likeness (QED) is 0.625. The average Bonchev–Trinajstić information content (AvgIpc) is 2.28. The second-order valence-electron chi connectivity index (χ2n) is 3.60. The van der Waals surface area contributed by atoms with Crippen LogP contribution in [0.25, 0.3) is 0 Å². The summed E-state index contributed by atoms with van der Waals surface area (Å²) in [6.07, 6.45) is 0.906. The third-order valence-corrected chi connectivity index (χ3v) is 2.25. The Labute approximate surface area is 79.0 Å². The van der Waals surface area contributed by atoms with Gasteiger partial charge in [0.15, 0.2) is 0 Å². The normalized spacial score (nSPS) is 26.7. The summed E-state index contributed by atoms with van der Waals surface area (Å²) >= 11 is 0. The summed E-state index contributed by atoms with van der Waals surface area (Å²) in [5, 5.41) is 0. The van der Waals surface area contributed by atoms with Crippen LogP contribution in [-0.4, -0.2) is 42.6 Å². The molecule has 1 saturated heterocycles. The summed E-state index contributed by atoms with van der Waals surface area (Å²) < 4.78 is 5.33. The van der Waals surface area contributed by atoms with Gasteiger partial charge >= 0.3 is 0 Å². The first-order valence-corrected chi connectivity index (χ1v) is 4.76. The van der Waals surface area contributed by atoms with Crippen LogP contribution in [-0.2, 0) is 9.53 Å². The molecule has 1 fully saturated rings. The molecule has 0 saturated carbocycles. The number of nitrogens with two attached hydrogens (primary N) is 1. The van der Waals surface area contributed by atoms with Gasteiger partial charge in [-0.15, -0.1) is 0 Å². The molecule has 0 bridgehead atoms. The van der Waals surface area contributed by atoms with Gasteiger partial charge in [-0.3, -0.25) is 4.79 Å². The van der Waals surface area contributed by atoms with Gasteiger partial charge in [0.2, 0.25) is 5.91 Å². The fraction of sp³-hybridized carbons (Fsp3) is 0.889. The van der Waals surface area contributed by atoms with Crippen molar-refractivity contribution in [2.75, 3.05) is 19.8 Å². The monoisotopic (exact) mass is 186 g/mol. The molecule has 13 heavy (non-hydrogen) atoms. The lowest BCUT2D eigenvalue weighted by molar-refractivity contribution is -0.134. The Hall–Kier alpha value is -0.610. The SMILES string of the molecule is CC1COCCCN1C(=O)[C@H](C)N. The van der Waals surface area contributed by atoms with E-state index in [0.717, 1.165) is 19.6 Å². The zero-order valence-electron chi connectivity index (χ0n) is 8.32. The molecule has 0 aromatic carbocycles. The van der Waals surface area contributed by atoms with Gasteiger partial charge in [-0.05, 0) is 20.3 Å². The van der Waals surface area contributed by atoms with Gasteiger partial charge in [-0.1, -0.05) is 0 Å². The van der Waals surface area contributed by atoms with Gasteiger partial charge in [0, 0.05) is 13.2 Å². The van der Waals surface area contributed by atoms with E-state index in [2.05, 4.69) is 0 Å². The summed E-state index contributed by atoms with van der Waals surface area (Å²) in [6, 6.07) is -0.249. The minimum absolute atomic E-state index is 0.0259. The van der Waals surface area contributed by atoms with Gasteiger partial charge in [0.1, 0.15) is 0 Å². The van der Waals surface area contributed by atoms with Crippen LogP contribution in [0, 0.1) is 0 Å². The zero-order valence-corrected chi connectivity index (χ0v) is 8.32. The lowest BCUT2D eigenvalue weighted by Crippen LogP contribution is -2.47. The first-order valence-electron chi connectivity index (χ1n) is 4.76. The number of nitrogens with zero attached hydrogens (tertiary/aromatic N) is 1. The fourth-order valence-electron chi connectivity index (χ4n) is 1.49. The maximum absolute atomic E-state index is 11.6. The van der Waals surface area contributed by atoms with Crippen LogP contribution in [0.1, 0.15) is 20.3 Å². The van der Waals surface area contributed by atoms with Crippen molar-refractivity contribution in [1.29, 1.82) is 0 Å². The Bertz CT molecular complexity index is 182. The molecule has 0 aromatic heterocycles. The van der Waals surface area contributed by atoms with Crippen LogP contribution in [0.15, 0.2) is 0 Å². The first kappa shape index (κ1) is 10.5. The molecule has 0 aliphatic carbocycles. The molecular formula is C9H18N2O2. The van der Waals surface area contributed by atoms with E-state index in [0.29, 0.717) is 6.61 Å². The Morgan fingerprint density at radius 1 is 1.69 bits per heavy atom. The lowest BCUT2D eigenvalue weighted by atomic mass is 10.2. The number of carbonyl (C=O) groups is 1. The minimum atomic E-state index is -0.402. The standard InChI is InChI=1S/C9H18N2O2/c1-7-6-13-5-3-4-11(7)9(12)8(2)10/h7-8H,3-6,10H2,1-2H3/t7?,8-/m0/s1. The van der Waals surface area contributed by atoms with Crippen molar-refractivity contribution in [1.82, 2.24) is 4.90 Å². The highest BCUT2D eigenvalue weighted by atomic mass is 16.5. The lowest BCUT2D eigenvalue weighted by Gasteiger charge is -2.27. The molecule has 1 unspecified atom stereocenters. The highest BCUT2D eigenvalue weighted by Crippen LogP contribution is 2.08. The van der Waals surface area contributed by atoms with Gasteiger partial charge in [-0.25, -0.2) is 0 Å². The van der Waals surface area contributed by atoms with Crippen molar-refractivity contribution >= 4 is 5.91 Å². The largest absolute Gasteiger partial charge is 0.379 e. The van der Waals surface area contributed by atoms with Crippen molar-refractivity contribution in [2.24, 2.45) is 5.73 Å². The maximum atomic E-state index is 11.6. The number of hydrogen-bond donors (Lipinski definition) is 1. The van der Waals surface area contributed by atoms with E-state index < -0.39 is 6.04 Å². The molecule has 4 heteroatoms. The molecule has 4 nitrogen and oxygen atoms in total. The third-order valence-electron chi connectivity index (χ3n) is 2.25. The topological polar surface area (TPSA) is 55.6 Å². The third kappa shape index (κ3) is 2.67. The van der Waals surface area contributed by atoms with E-state index in [-0.39, 0.29) is 11.9 Å². The Morgan fingerprint density at radius 3 is 3.00 bits per heavy atom. The van der Waals surface area contributed by atoms with E-state index in [1.807, 2.05) is 11.8 Å². The molecule has 1 aliphatic rings. The highest BCUT2D eigenvalue weighted by Gasteiger charge is 2.24. The molecule has 2 atom stereocenters. The number of hydrogen-bond acceptors (Lipinski definition) is 3. The number of amides is 1. The van der Waals surface area contributed by atoms with Crippen LogP contribution in [0.3, 0.4) is 0 Å². The Morgan fingerprint density at radius 2 is 2.38 bits per heavy atom. The van der Waals surface area contributed by atoms with Crippen molar-refractivity contribution < 1.29 is 9.53 Å². The van der Waals surface area contributed by atoms with E-state index >= 15 is 0 Å². The summed E-state index contributed by atoms with van der Waals surface area (Å²) in [7, 11) is 0. The van der Waals surface area contributed by atoms with Crippen molar-refractivity contribution in [3.05, 3.63) is 0 Å². The van der Waals surface area contributed by atoms with Gasteiger partial charge in [0.25, 0.3) is 0 Å². The zero-order chi connectivity index (χ0) is 9.84. The fourth-order valence-corrected chi connectivity index (χ4v) is 1.49. The molecule has 1 heterocycles. The van der Waals surface area contributed by atoms with E-state index in [4.69, 9.17) is 10.5 Å². The molecule has 1 rings (SSSR count). The van der Waals surface area contributed by atoms with Crippen molar-refractivity contribution in [3.63, 3.8) is 0 Å². The predicted octanol–water partition coefficient (Wildman–Crippen LogP) is -0.0290. The maximum Gasteiger partial charge on any atom is 0.239 e. The Balaban J connectivity index is 2.58. The van der Waals surface area contributed by atoms with Crippen LogP contribution < -0.4 is 5.73 Å². The summed E-state index contributed by atoms with van der Waals surface area (Å²) in [4.78, 5) is 13.4. The number of ether oxygens (including phenoxy) is 1. The second-order valence-corrected chi connectivity index (χ2v) is 3.60. The Kier molecular flexibility index (Phi) is 3.69. The minimum Gasteiger partial charge on any atom is -0.379 e. The van der Waals surface area contributed by atoms with Crippen LogP contribution in [0.4, 0.5) is 0 Å². The average molecular weight is 186 g/mol. The van der Waals surface area contributed by atoms with Gasteiger partial charge < -0.3 is 15.4 Å². The first-order chi connectivity index (χ1) is 6.13. The van der Waals surface area contributed by atoms with E-state index in [1.165, 1.54) is 0 Å². The summed E-state index contributed by atoms with van der Waals surface area (Å²) in [6.45, 7) is 5.85. The molecule has 0 radical (unpaired) electrons. The van der Waals surface area contributed by atoms with Crippen molar-refractivity contribution in [3.8, 4) is 0 Å². The van der Waals surface area contributed by atoms with E-state index in [1.54, 1.807) is 6.92 Å². The van der Waals surface area contributed by atoms with Crippen LogP contribution in [0.2, 0.25) is 0 Å². The van der Waals surface area contributed by atoms with Gasteiger partial charge in [0.05, 0.1) is 18.7 Å². The molecular weight excluding hydrogens is 168 g/mol. The summed E-state index contributed by atoms with van der Waals surface area (Å²) in [5.41, 5.74) is 5.55. The molecule has 1 amide bonds.